The normalized spacial score (nSPS) is 18.2. The maximum absolute atomic E-state index is 13.1. The molecule has 0 bridgehead atoms. The van der Waals surface area contributed by atoms with Gasteiger partial charge in [-0.05, 0) is 68.1 Å². The smallest absolute Gasteiger partial charge is 0.230 e. The predicted molar refractivity (Wildman–Crippen MR) is 108 cm³/mol. The Balaban J connectivity index is 1.34. The van der Waals surface area contributed by atoms with Crippen molar-refractivity contribution in [1.29, 1.82) is 0 Å². The number of aryl methyl sites for hydroxylation is 1. The number of carbonyl (C=O) groups is 1. The Hall–Kier alpha value is -2.33. The number of fused-ring (bicyclic) bond motifs is 1. The highest BCUT2D eigenvalue weighted by atomic mass is 16.5. The van der Waals surface area contributed by atoms with Crippen molar-refractivity contribution in [3.8, 4) is 5.75 Å². The monoisotopic (exact) mass is 364 g/mol. The number of hydrogen-bond donors (Lipinski definition) is 0. The zero-order valence-corrected chi connectivity index (χ0v) is 16.1. The number of rotatable bonds is 4. The number of methoxy groups -OCH3 is 1. The van der Waals surface area contributed by atoms with Crippen LogP contribution in [0.15, 0.2) is 48.5 Å². The van der Waals surface area contributed by atoms with Crippen LogP contribution >= 0.6 is 0 Å². The van der Waals surface area contributed by atoms with Gasteiger partial charge < -0.3 is 9.64 Å². The van der Waals surface area contributed by atoms with Crippen LogP contribution in [0.3, 0.4) is 0 Å². The first-order valence-corrected chi connectivity index (χ1v) is 9.99. The lowest BCUT2D eigenvalue weighted by molar-refractivity contribution is -0.123. The molecule has 0 aromatic heterocycles. The number of anilines is 1. The number of para-hydroxylation sites is 1. The summed E-state index contributed by atoms with van der Waals surface area (Å²) in [5.41, 5.74) is 3.74. The van der Waals surface area contributed by atoms with Gasteiger partial charge in [0.05, 0.1) is 7.11 Å². The molecule has 2 aliphatic rings. The summed E-state index contributed by atoms with van der Waals surface area (Å²) in [6.07, 6.45) is 4.06. The van der Waals surface area contributed by atoms with Gasteiger partial charge in [0.15, 0.2) is 0 Å². The lowest BCUT2D eigenvalue weighted by atomic mass is 9.93. The number of ether oxygens (including phenoxy) is 1. The third kappa shape index (κ3) is 4.01. The SMILES string of the molecule is COc1ccc(CN2CCC(C(=O)N3CCCc4ccccc43)CC2)cc1. The molecule has 4 nitrogen and oxygen atoms in total. The number of carbonyl (C=O) groups excluding carboxylic acids is 1. The van der Waals surface area contributed by atoms with Crippen LogP contribution in [0.5, 0.6) is 5.75 Å². The van der Waals surface area contributed by atoms with E-state index in [4.69, 9.17) is 4.74 Å². The average molecular weight is 364 g/mol. The molecule has 4 rings (SSSR count). The van der Waals surface area contributed by atoms with Crippen molar-refractivity contribution in [1.82, 2.24) is 4.90 Å². The molecule has 142 valence electrons. The molecule has 2 aromatic rings. The molecule has 0 spiro atoms. The Bertz CT molecular complexity index is 779. The maximum atomic E-state index is 13.1. The van der Waals surface area contributed by atoms with Crippen LogP contribution in [-0.4, -0.2) is 37.6 Å². The number of benzene rings is 2. The average Bonchev–Trinajstić information content (AvgIpc) is 2.74. The van der Waals surface area contributed by atoms with Gasteiger partial charge >= 0.3 is 0 Å². The minimum atomic E-state index is 0.156. The molecule has 1 fully saturated rings. The largest absolute Gasteiger partial charge is 0.497 e. The molecule has 2 aliphatic heterocycles. The Morgan fingerprint density at radius 1 is 1.04 bits per heavy atom. The predicted octanol–water partition coefficient (Wildman–Crippen LogP) is 3.89. The summed E-state index contributed by atoms with van der Waals surface area (Å²) in [5, 5.41) is 0. The fourth-order valence-corrected chi connectivity index (χ4v) is 4.31. The summed E-state index contributed by atoms with van der Waals surface area (Å²) in [6.45, 7) is 3.77. The molecule has 0 unspecified atom stereocenters. The highest BCUT2D eigenvalue weighted by molar-refractivity contribution is 5.96. The molecule has 2 heterocycles. The van der Waals surface area contributed by atoms with E-state index in [1.165, 1.54) is 11.1 Å². The minimum Gasteiger partial charge on any atom is -0.497 e. The molecular formula is C23H28N2O2. The van der Waals surface area contributed by atoms with Crippen molar-refractivity contribution in [3.05, 3.63) is 59.7 Å². The summed E-state index contributed by atoms with van der Waals surface area (Å²) >= 11 is 0. The Morgan fingerprint density at radius 2 is 1.78 bits per heavy atom. The highest BCUT2D eigenvalue weighted by Crippen LogP contribution is 2.30. The number of hydrogen-bond acceptors (Lipinski definition) is 3. The molecule has 0 saturated carbocycles. The maximum Gasteiger partial charge on any atom is 0.230 e. The van der Waals surface area contributed by atoms with Gasteiger partial charge in [-0.25, -0.2) is 0 Å². The van der Waals surface area contributed by atoms with Gasteiger partial charge in [0.1, 0.15) is 5.75 Å². The van der Waals surface area contributed by atoms with E-state index >= 15 is 0 Å². The van der Waals surface area contributed by atoms with Crippen LogP contribution in [0.25, 0.3) is 0 Å². The molecule has 0 aliphatic carbocycles. The van der Waals surface area contributed by atoms with Gasteiger partial charge in [-0.1, -0.05) is 30.3 Å². The Labute approximate surface area is 161 Å². The van der Waals surface area contributed by atoms with Crippen molar-refractivity contribution >= 4 is 11.6 Å². The van der Waals surface area contributed by atoms with Crippen molar-refractivity contribution in [2.45, 2.75) is 32.2 Å². The Kier molecular flexibility index (Phi) is 5.44. The van der Waals surface area contributed by atoms with Crippen LogP contribution in [0, 0.1) is 5.92 Å². The van der Waals surface area contributed by atoms with Gasteiger partial charge in [-0.3, -0.25) is 9.69 Å². The van der Waals surface area contributed by atoms with Crippen LogP contribution in [0.1, 0.15) is 30.4 Å². The number of nitrogens with zero attached hydrogens (tertiary/aromatic N) is 2. The molecule has 4 heteroatoms. The van der Waals surface area contributed by atoms with Gasteiger partial charge in [-0.2, -0.15) is 0 Å². The standard InChI is InChI=1S/C23H28N2O2/c1-27-21-10-8-18(9-11-21)17-24-15-12-20(13-16-24)23(26)25-14-4-6-19-5-2-3-7-22(19)25/h2-3,5,7-11,20H,4,6,12-17H2,1H3. The lowest BCUT2D eigenvalue weighted by Gasteiger charge is -2.36. The molecule has 1 saturated heterocycles. The van der Waals surface area contributed by atoms with Crippen LogP contribution in [-0.2, 0) is 17.8 Å². The first-order valence-electron chi connectivity index (χ1n) is 9.99. The van der Waals surface area contributed by atoms with Gasteiger partial charge in [-0.15, -0.1) is 0 Å². The van der Waals surface area contributed by atoms with E-state index in [2.05, 4.69) is 35.2 Å². The van der Waals surface area contributed by atoms with Gasteiger partial charge in [0, 0.05) is 24.7 Å². The summed E-state index contributed by atoms with van der Waals surface area (Å²) < 4.78 is 5.23. The fourth-order valence-electron chi connectivity index (χ4n) is 4.31. The van der Waals surface area contributed by atoms with E-state index in [9.17, 15) is 4.79 Å². The van der Waals surface area contributed by atoms with E-state index in [0.29, 0.717) is 5.91 Å². The van der Waals surface area contributed by atoms with Crippen molar-refractivity contribution < 1.29 is 9.53 Å². The summed E-state index contributed by atoms with van der Waals surface area (Å²) in [4.78, 5) is 17.6. The summed E-state index contributed by atoms with van der Waals surface area (Å²) in [7, 11) is 1.69. The van der Waals surface area contributed by atoms with E-state index in [1.807, 2.05) is 23.1 Å². The number of likely N-dealkylation sites (tertiary alicyclic amines) is 1. The molecule has 0 radical (unpaired) electrons. The van der Waals surface area contributed by atoms with Crippen molar-refractivity contribution in [3.63, 3.8) is 0 Å². The van der Waals surface area contributed by atoms with Gasteiger partial charge in [0.2, 0.25) is 5.91 Å². The highest BCUT2D eigenvalue weighted by Gasteiger charge is 2.31. The molecule has 0 N–H and O–H groups in total. The summed E-state index contributed by atoms with van der Waals surface area (Å²) in [5.74, 6) is 1.37. The summed E-state index contributed by atoms with van der Waals surface area (Å²) in [6, 6.07) is 16.7. The Morgan fingerprint density at radius 3 is 2.52 bits per heavy atom. The van der Waals surface area contributed by atoms with E-state index in [1.54, 1.807) is 7.11 Å². The number of amides is 1. The lowest BCUT2D eigenvalue weighted by Crippen LogP contribution is -2.44. The zero-order valence-electron chi connectivity index (χ0n) is 16.1. The zero-order chi connectivity index (χ0) is 18.6. The van der Waals surface area contributed by atoms with Gasteiger partial charge in [0.25, 0.3) is 0 Å². The van der Waals surface area contributed by atoms with Crippen LogP contribution in [0.4, 0.5) is 5.69 Å². The first kappa shape index (κ1) is 18.1. The third-order valence-electron chi connectivity index (χ3n) is 5.88. The molecular weight excluding hydrogens is 336 g/mol. The molecule has 1 amide bonds. The second-order valence-electron chi connectivity index (χ2n) is 7.62. The fraction of sp³-hybridized carbons (Fsp3) is 0.435. The molecule has 0 atom stereocenters. The van der Waals surface area contributed by atoms with E-state index in [0.717, 1.165) is 63.3 Å². The first-order chi connectivity index (χ1) is 13.2. The quantitative estimate of drug-likeness (QED) is 0.825. The van der Waals surface area contributed by atoms with Crippen LogP contribution in [0.2, 0.25) is 0 Å². The van der Waals surface area contributed by atoms with Crippen molar-refractivity contribution in [2.75, 3.05) is 31.6 Å². The van der Waals surface area contributed by atoms with Crippen LogP contribution < -0.4 is 9.64 Å². The topological polar surface area (TPSA) is 32.8 Å². The third-order valence-corrected chi connectivity index (χ3v) is 5.88. The van der Waals surface area contributed by atoms with Crippen molar-refractivity contribution in [2.24, 2.45) is 5.92 Å². The second-order valence-corrected chi connectivity index (χ2v) is 7.62. The molecule has 27 heavy (non-hydrogen) atoms. The van der Waals surface area contributed by atoms with E-state index in [-0.39, 0.29) is 5.92 Å². The molecule has 2 aromatic carbocycles. The number of piperidine rings is 1. The van der Waals surface area contributed by atoms with E-state index < -0.39 is 0 Å². The minimum absolute atomic E-state index is 0.156. The second kappa shape index (κ2) is 8.13.